The molecule has 33 heavy (non-hydrogen) atoms. The van der Waals surface area contributed by atoms with Crippen LogP contribution in [0.1, 0.15) is 21.6 Å². The fourth-order valence-corrected chi connectivity index (χ4v) is 3.87. The van der Waals surface area contributed by atoms with Gasteiger partial charge in [0, 0.05) is 11.3 Å². The number of aromatic carboxylic acids is 1. The lowest BCUT2D eigenvalue weighted by Crippen LogP contribution is -2.50. The molecule has 0 fully saturated rings. The van der Waals surface area contributed by atoms with Crippen LogP contribution in [-0.2, 0) is 13.1 Å². The highest BCUT2D eigenvalue weighted by Crippen LogP contribution is 2.32. The fraction of sp³-hybridized carbons (Fsp3) is 0.182. The third kappa shape index (κ3) is 4.24. The number of carboxylic acids is 1. The molecule has 2 amide bonds. The van der Waals surface area contributed by atoms with Gasteiger partial charge in [-0.05, 0) is 42.5 Å². The summed E-state index contributed by atoms with van der Waals surface area (Å²) in [6, 6.07) is 10.8. The Kier molecular flexibility index (Phi) is 6.00. The Hall–Kier alpha value is -3.94. The molecule has 0 saturated carbocycles. The van der Waals surface area contributed by atoms with E-state index in [0.717, 1.165) is 6.07 Å². The van der Waals surface area contributed by atoms with Crippen molar-refractivity contribution in [2.45, 2.75) is 19.1 Å². The normalized spacial score (nSPS) is 15.0. The van der Waals surface area contributed by atoms with Gasteiger partial charge in [0.1, 0.15) is 17.1 Å². The number of carboxylic acid groups (broad SMARTS) is 1. The molecule has 1 aromatic heterocycles. The van der Waals surface area contributed by atoms with Crippen molar-refractivity contribution in [2.24, 2.45) is 0 Å². The number of nitrogens with zero attached hydrogens (tertiary/aromatic N) is 4. The summed E-state index contributed by atoms with van der Waals surface area (Å²) in [5.74, 6) is -1.91. The van der Waals surface area contributed by atoms with Crippen LogP contribution in [0.15, 0.2) is 42.5 Å². The number of hydrogen-bond donors (Lipinski definition) is 3. The summed E-state index contributed by atoms with van der Waals surface area (Å²) in [4.78, 5) is 26.4. The van der Waals surface area contributed by atoms with Gasteiger partial charge < -0.3 is 20.4 Å². The quantitative estimate of drug-likeness (QED) is 0.537. The molecular formula is C22H17ClFN5O4. The van der Waals surface area contributed by atoms with Gasteiger partial charge in [0.15, 0.2) is 0 Å². The number of nitrogens with one attached hydrogen (secondary N) is 1. The molecule has 9 nitrogen and oxygen atoms in total. The molecule has 1 unspecified atom stereocenters. The predicted molar refractivity (Wildman–Crippen MR) is 116 cm³/mol. The Morgan fingerprint density at radius 1 is 1.27 bits per heavy atom. The van der Waals surface area contributed by atoms with Gasteiger partial charge in [-0.2, -0.15) is 10.4 Å². The second-order valence-electron chi connectivity index (χ2n) is 7.37. The van der Waals surface area contributed by atoms with Crippen LogP contribution >= 0.6 is 11.6 Å². The highest BCUT2D eigenvalue weighted by Gasteiger charge is 2.35. The van der Waals surface area contributed by atoms with Crippen molar-refractivity contribution >= 4 is 29.3 Å². The average Bonchev–Trinajstić information content (AvgIpc) is 3.19. The topological polar surface area (TPSA) is 131 Å². The third-order valence-electron chi connectivity index (χ3n) is 5.35. The monoisotopic (exact) mass is 469 g/mol. The van der Waals surface area contributed by atoms with Crippen LogP contribution in [0.4, 0.5) is 14.9 Å². The molecule has 4 rings (SSSR count). The molecular weight excluding hydrogens is 453 g/mol. The molecule has 11 heteroatoms. The van der Waals surface area contributed by atoms with E-state index in [9.17, 15) is 24.2 Å². The molecule has 0 spiro atoms. The molecule has 3 N–H and O–H groups in total. The van der Waals surface area contributed by atoms with Crippen LogP contribution in [0.3, 0.4) is 0 Å². The van der Waals surface area contributed by atoms with Crippen LogP contribution in [0.2, 0.25) is 5.02 Å². The highest BCUT2D eigenvalue weighted by molar-refractivity contribution is 6.31. The van der Waals surface area contributed by atoms with Crippen molar-refractivity contribution in [1.29, 1.82) is 5.26 Å². The molecule has 2 aromatic carbocycles. The van der Waals surface area contributed by atoms with E-state index in [1.165, 1.54) is 21.7 Å². The molecule has 168 valence electrons. The van der Waals surface area contributed by atoms with Gasteiger partial charge in [-0.25, -0.2) is 14.0 Å². The molecule has 1 aliphatic heterocycles. The number of rotatable bonds is 4. The number of hydrogen-bond acceptors (Lipinski definition) is 5. The molecule has 3 aromatic rings. The minimum Gasteiger partial charge on any atom is -0.478 e. The largest absolute Gasteiger partial charge is 0.478 e. The Balaban J connectivity index is 1.68. The number of fused-ring (bicyclic) bond motifs is 1. The highest BCUT2D eigenvalue weighted by atomic mass is 35.5. The van der Waals surface area contributed by atoms with Gasteiger partial charge in [-0.3, -0.25) is 4.68 Å². The van der Waals surface area contributed by atoms with Gasteiger partial charge in [0.05, 0.1) is 48.1 Å². The molecule has 1 atom stereocenters. The number of carbonyl (C=O) groups excluding carboxylic acids is 1. The van der Waals surface area contributed by atoms with Crippen molar-refractivity contribution in [3.8, 4) is 17.3 Å². The van der Waals surface area contributed by atoms with E-state index >= 15 is 0 Å². The number of halogens is 2. The van der Waals surface area contributed by atoms with Crippen LogP contribution < -0.4 is 5.32 Å². The first-order chi connectivity index (χ1) is 15.8. The summed E-state index contributed by atoms with van der Waals surface area (Å²) in [5, 5.41) is 35.5. The van der Waals surface area contributed by atoms with Crippen LogP contribution in [-0.4, -0.2) is 49.5 Å². The second-order valence-corrected chi connectivity index (χ2v) is 7.78. The zero-order valence-corrected chi connectivity index (χ0v) is 17.8. The summed E-state index contributed by atoms with van der Waals surface area (Å²) in [6.45, 7) is -0.446. The van der Waals surface area contributed by atoms with E-state index in [4.69, 9.17) is 16.9 Å². The average molecular weight is 470 g/mol. The molecule has 0 radical (unpaired) electrons. The molecule has 0 saturated heterocycles. The number of amides is 2. The predicted octanol–water partition coefficient (Wildman–Crippen LogP) is 3.32. The van der Waals surface area contributed by atoms with E-state index in [0.29, 0.717) is 16.8 Å². The Morgan fingerprint density at radius 2 is 2.00 bits per heavy atom. The molecule has 1 aliphatic rings. The second kappa shape index (κ2) is 8.90. The first kappa shape index (κ1) is 22.3. The van der Waals surface area contributed by atoms with Crippen molar-refractivity contribution < 1.29 is 24.2 Å². The van der Waals surface area contributed by atoms with Gasteiger partial charge in [0.2, 0.25) is 0 Å². The summed E-state index contributed by atoms with van der Waals surface area (Å²) in [6.07, 6.45) is 0. The zero-order valence-electron chi connectivity index (χ0n) is 17.0. The van der Waals surface area contributed by atoms with E-state index < -0.39 is 23.9 Å². The minimum atomic E-state index is -1.26. The standard InChI is InChI=1S/C22H17ClFN5O4/c23-16-7-13(3-6-17(16)24)20-19(21(31)32)18-10-28(15(11-30)9-29(18)27-20)22(33)26-14-4-1-12(8-25)2-5-14/h1-7,15,30H,9-11H2,(H,26,33)(H,31,32). The van der Waals surface area contributed by atoms with Gasteiger partial charge in [0.25, 0.3) is 0 Å². The maximum atomic E-state index is 13.6. The van der Waals surface area contributed by atoms with Gasteiger partial charge in [-0.15, -0.1) is 0 Å². The number of benzene rings is 2. The number of aromatic nitrogens is 2. The summed E-state index contributed by atoms with van der Waals surface area (Å²) < 4.78 is 15.0. The zero-order chi connectivity index (χ0) is 23.7. The number of carbonyl (C=O) groups is 2. The summed E-state index contributed by atoms with van der Waals surface area (Å²) in [7, 11) is 0. The smallest absolute Gasteiger partial charge is 0.339 e. The van der Waals surface area contributed by atoms with Crippen molar-refractivity contribution in [2.75, 3.05) is 11.9 Å². The minimum absolute atomic E-state index is 0.0574. The maximum absolute atomic E-state index is 13.6. The third-order valence-corrected chi connectivity index (χ3v) is 5.64. The Labute approximate surface area is 192 Å². The SMILES string of the molecule is N#Cc1ccc(NC(=O)N2Cc3c(C(=O)O)c(-c4ccc(F)c(Cl)c4)nn3CC2CO)cc1. The summed E-state index contributed by atoms with van der Waals surface area (Å²) >= 11 is 5.86. The van der Waals surface area contributed by atoms with Crippen LogP contribution in [0.5, 0.6) is 0 Å². The maximum Gasteiger partial charge on any atom is 0.339 e. The number of anilines is 1. The van der Waals surface area contributed by atoms with E-state index in [-0.39, 0.29) is 41.7 Å². The van der Waals surface area contributed by atoms with Crippen LogP contribution in [0, 0.1) is 17.1 Å². The van der Waals surface area contributed by atoms with Gasteiger partial charge in [-0.1, -0.05) is 11.6 Å². The van der Waals surface area contributed by atoms with E-state index in [1.807, 2.05) is 6.07 Å². The van der Waals surface area contributed by atoms with Crippen LogP contribution in [0.25, 0.3) is 11.3 Å². The van der Waals surface area contributed by atoms with Crippen molar-refractivity contribution in [3.63, 3.8) is 0 Å². The first-order valence-electron chi connectivity index (χ1n) is 9.79. The number of nitriles is 1. The summed E-state index contributed by atoms with van der Waals surface area (Å²) in [5.41, 5.74) is 1.40. The molecule has 2 heterocycles. The van der Waals surface area contributed by atoms with E-state index in [2.05, 4.69) is 10.4 Å². The Bertz CT molecular complexity index is 1290. The fourth-order valence-electron chi connectivity index (χ4n) is 3.68. The van der Waals surface area contributed by atoms with Gasteiger partial charge >= 0.3 is 12.0 Å². The first-order valence-corrected chi connectivity index (χ1v) is 10.2. The lowest BCUT2D eigenvalue weighted by molar-refractivity contribution is 0.0688. The lowest BCUT2D eigenvalue weighted by atomic mass is 10.0. The molecule has 0 bridgehead atoms. The number of aliphatic hydroxyl groups excluding tert-OH is 1. The lowest BCUT2D eigenvalue weighted by Gasteiger charge is -2.35. The van der Waals surface area contributed by atoms with E-state index in [1.54, 1.807) is 24.3 Å². The number of urea groups is 1. The number of aliphatic hydroxyl groups is 1. The van der Waals surface area contributed by atoms with Crippen molar-refractivity contribution in [3.05, 3.63) is 70.1 Å². The van der Waals surface area contributed by atoms with Crippen molar-refractivity contribution in [1.82, 2.24) is 14.7 Å². The molecule has 0 aliphatic carbocycles. The Morgan fingerprint density at radius 3 is 2.61 bits per heavy atom.